The molecule has 0 amide bonds. The van der Waals surface area contributed by atoms with Gasteiger partial charge in [-0.05, 0) is 37.1 Å². The van der Waals surface area contributed by atoms with Crippen LogP contribution in [0, 0.1) is 11.2 Å². The Labute approximate surface area is 93.3 Å². The third-order valence-corrected chi connectivity index (χ3v) is 3.24. The molecule has 86 valence electrons. The second-order valence-corrected chi connectivity index (χ2v) is 4.30. The Morgan fingerprint density at radius 2 is 2.00 bits per heavy atom. The third-order valence-electron chi connectivity index (χ3n) is 3.24. The van der Waals surface area contributed by atoms with Crippen LogP contribution in [0.4, 0.5) is 10.1 Å². The standard InChI is InChI=1S/C12H14FNO2/c13-9-2-4-10(5-3-9)14-8-12(11(15)16)6-1-7-12/h2-5,14H,1,6-8H2,(H,15,16). The molecule has 1 aliphatic carbocycles. The van der Waals surface area contributed by atoms with Crippen LogP contribution in [0.15, 0.2) is 24.3 Å². The minimum absolute atomic E-state index is 0.290. The second kappa shape index (κ2) is 4.12. The molecule has 1 aliphatic rings. The minimum atomic E-state index is -0.742. The summed E-state index contributed by atoms with van der Waals surface area (Å²) < 4.78 is 12.6. The first-order chi connectivity index (χ1) is 7.62. The maximum absolute atomic E-state index is 12.6. The van der Waals surface area contributed by atoms with E-state index in [1.165, 1.54) is 12.1 Å². The number of hydrogen-bond acceptors (Lipinski definition) is 2. The number of benzene rings is 1. The molecule has 1 aromatic rings. The van der Waals surface area contributed by atoms with Gasteiger partial charge in [0.25, 0.3) is 0 Å². The van der Waals surface area contributed by atoms with Crippen LogP contribution in [0.25, 0.3) is 0 Å². The fourth-order valence-corrected chi connectivity index (χ4v) is 1.91. The van der Waals surface area contributed by atoms with E-state index in [0.29, 0.717) is 6.54 Å². The molecule has 0 bridgehead atoms. The van der Waals surface area contributed by atoms with E-state index in [-0.39, 0.29) is 5.82 Å². The highest BCUT2D eigenvalue weighted by atomic mass is 19.1. The zero-order valence-corrected chi connectivity index (χ0v) is 8.87. The minimum Gasteiger partial charge on any atom is -0.481 e. The van der Waals surface area contributed by atoms with E-state index in [2.05, 4.69) is 5.32 Å². The topological polar surface area (TPSA) is 49.3 Å². The Morgan fingerprint density at radius 3 is 2.44 bits per heavy atom. The molecule has 0 radical (unpaired) electrons. The van der Waals surface area contributed by atoms with Crippen LogP contribution in [0.2, 0.25) is 0 Å². The fraction of sp³-hybridized carbons (Fsp3) is 0.417. The van der Waals surface area contributed by atoms with Crippen molar-refractivity contribution in [1.29, 1.82) is 0 Å². The number of anilines is 1. The van der Waals surface area contributed by atoms with Gasteiger partial charge in [0.05, 0.1) is 5.41 Å². The summed E-state index contributed by atoms with van der Waals surface area (Å²) in [5, 5.41) is 12.2. The number of carboxylic acid groups (broad SMARTS) is 1. The van der Waals surface area contributed by atoms with Crippen LogP contribution in [-0.4, -0.2) is 17.6 Å². The van der Waals surface area contributed by atoms with E-state index in [0.717, 1.165) is 24.9 Å². The molecule has 0 heterocycles. The summed E-state index contributed by atoms with van der Waals surface area (Å²) >= 11 is 0. The van der Waals surface area contributed by atoms with Gasteiger partial charge in [-0.15, -0.1) is 0 Å². The first kappa shape index (κ1) is 10.9. The van der Waals surface area contributed by atoms with Gasteiger partial charge in [0.15, 0.2) is 0 Å². The van der Waals surface area contributed by atoms with Crippen LogP contribution >= 0.6 is 0 Å². The SMILES string of the molecule is O=C(O)C1(CNc2ccc(F)cc2)CCC1. The van der Waals surface area contributed by atoms with Crippen LogP contribution in [0.1, 0.15) is 19.3 Å². The quantitative estimate of drug-likeness (QED) is 0.824. The summed E-state index contributed by atoms with van der Waals surface area (Å²) in [7, 11) is 0. The molecule has 0 saturated heterocycles. The Kier molecular flexibility index (Phi) is 2.81. The van der Waals surface area contributed by atoms with Crippen molar-refractivity contribution in [3.63, 3.8) is 0 Å². The molecule has 0 unspecified atom stereocenters. The Balaban J connectivity index is 1.96. The zero-order valence-electron chi connectivity index (χ0n) is 8.87. The molecular formula is C12H14FNO2. The van der Waals surface area contributed by atoms with E-state index >= 15 is 0 Å². The largest absolute Gasteiger partial charge is 0.481 e. The highest BCUT2D eigenvalue weighted by Crippen LogP contribution is 2.41. The van der Waals surface area contributed by atoms with Crippen molar-refractivity contribution in [3.05, 3.63) is 30.1 Å². The van der Waals surface area contributed by atoms with Gasteiger partial charge in [-0.2, -0.15) is 0 Å². The molecule has 4 heteroatoms. The van der Waals surface area contributed by atoms with Crippen molar-refractivity contribution in [2.75, 3.05) is 11.9 Å². The highest BCUT2D eigenvalue weighted by molar-refractivity contribution is 5.76. The van der Waals surface area contributed by atoms with Crippen molar-refractivity contribution < 1.29 is 14.3 Å². The average molecular weight is 223 g/mol. The van der Waals surface area contributed by atoms with Crippen LogP contribution in [0.5, 0.6) is 0 Å². The summed E-state index contributed by atoms with van der Waals surface area (Å²) in [4.78, 5) is 11.1. The predicted octanol–water partition coefficient (Wildman–Crippen LogP) is 2.49. The number of rotatable bonds is 4. The Morgan fingerprint density at radius 1 is 1.38 bits per heavy atom. The molecular weight excluding hydrogens is 209 g/mol. The predicted molar refractivity (Wildman–Crippen MR) is 58.8 cm³/mol. The number of halogens is 1. The lowest BCUT2D eigenvalue weighted by atomic mass is 9.69. The van der Waals surface area contributed by atoms with Gasteiger partial charge in [0, 0.05) is 12.2 Å². The van der Waals surface area contributed by atoms with Gasteiger partial charge in [0.2, 0.25) is 0 Å². The fourth-order valence-electron chi connectivity index (χ4n) is 1.91. The lowest BCUT2D eigenvalue weighted by Crippen LogP contribution is -2.43. The molecule has 3 nitrogen and oxygen atoms in total. The van der Waals surface area contributed by atoms with E-state index in [1.54, 1.807) is 12.1 Å². The normalized spacial score (nSPS) is 17.6. The van der Waals surface area contributed by atoms with Crippen LogP contribution in [0.3, 0.4) is 0 Å². The smallest absolute Gasteiger partial charge is 0.311 e. The van der Waals surface area contributed by atoms with Crippen LogP contribution in [-0.2, 0) is 4.79 Å². The lowest BCUT2D eigenvalue weighted by Gasteiger charge is -2.37. The summed E-state index contributed by atoms with van der Waals surface area (Å²) in [5.41, 5.74) is 0.142. The van der Waals surface area contributed by atoms with Crippen molar-refractivity contribution in [2.24, 2.45) is 5.41 Å². The lowest BCUT2D eigenvalue weighted by molar-refractivity contribution is -0.153. The molecule has 16 heavy (non-hydrogen) atoms. The van der Waals surface area contributed by atoms with Crippen molar-refractivity contribution >= 4 is 11.7 Å². The molecule has 0 aliphatic heterocycles. The first-order valence-electron chi connectivity index (χ1n) is 5.35. The van der Waals surface area contributed by atoms with Gasteiger partial charge >= 0.3 is 5.97 Å². The maximum atomic E-state index is 12.6. The molecule has 2 rings (SSSR count). The molecule has 0 spiro atoms. The molecule has 0 aromatic heterocycles. The number of aliphatic carboxylic acids is 1. The molecule has 1 aromatic carbocycles. The number of hydrogen-bond donors (Lipinski definition) is 2. The second-order valence-electron chi connectivity index (χ2n) is 4.30. The number of carboxylic acids is 1. The van der Waals surface area contributed by atoms with E-state index in [4.69, 9.17) is 5.11 Å². The van der Waals surface area contributed by atoms with E-state index in [1.807, 2.05) is 0 Å². The highest BCUT2D eigenvalue weighted by Gasteiger charge is 2.44. The summed E-state index contributed by atoms with van der Waals surface area (Å²) in [6.07, 6.45) is 2.41. The summed E-state index contributed by atoms with van der Waals surface area (Å²) in [6.45, 7) is 0.411. The Bertz CT molecular complexity index is 385. The monoisotopic (exact) mass is 223 g/mol. The third kappa shape index (κ3) is 2.01. The Hall–Kier alpha value is -1.58. The van der Waals surface area contributed by atoms with E-state index < -0.39 is 11.4 Å². The van der Waals surface area contributed by atoms with Crippen LogP contribution < -0.4 is 5.32 Å². The van der Waals surface area contributed by atoms with Crippen molar-refractivity contribution in [3.8, 4) is 0 Å². The molecule has 2 N–H and O–H groups in total. The van der Waals surface area contributed by atoms with Gasteiger partial charge in [-0.25, -0.2) is 4.39 Å². The number of nitrogens with one attached hydrogen (secondary N) is 1. The van der Waals surface area contributed by atoms with E-state index in [9.17, 15) is 9.18 Å². The van der Waals surface area contributed by atoms with Gasteiger partial charge in [0.1, 0.15) is 5.82 Å². The first-order valence-corrected chi connectivity index (χ1v) is 5.35. The number of carbonyl (C=O) groups is 1. The molecule has 1 saturated carbocycles. The van der Waals surface area contributed by atoms with Crippen molar-refractivity contribution in [2.45, 2.75) is 19.3 Å². The van der Waals surface area contributed by atoms with Crippen molar-refractivity contribution in [1.82, 2.24) is 0 Å². The average Bonchev–Trinajstić information content (AvgIpc) is 2.18. The molecule has 0 atom stereocenters. The molecule has 1 fully saturated rings. The van der Waals surface area contributed by atoms with Gasteiger partial charge < -0.3 is 10.4 Å². The van der Waals surface area contributed by atoms with Gasteiger partial charge in [-0.3, -0.25) is 4.79 Å². The maximum Gasteiger partial charge on any atom is 0.311 e. The summed E-state index contributed by atoms with van der Waals surface area (Å²) in [6, 6.07) is 5.94. The summed E-state index contributed by atoms with van der Waals surface area (Å²) in [5.74, 6) is -1.03. The zero-order chi connectivity index (χ0) is 11.6. The van der Waals surface area contributed by atoms with Gasteiger partial charge in [-0.1, -0.05) is 6.42 Å².